The van der Waals surface area contributed by atoms with Crippen molar-refractivity contribution < 1.29 is 33.2 Å². The Labute approximate surface area is 207 Å². The zero-order valence-corrected chi connectivity index (χ0v) is 21.7. The van der Waals surface area contributed by atoms with Crippen molar-refractivity contribution in [2.45, 2.75) is 26.2 Å². The molecule has 0 heterocycles. The van der Waals surface area contributed by atoms with Gasteiger partial charge >= 0.3 is 0 Å². The van der Waals surface area contributed by atoms with Crippen molar-refractivity contribution in [2.75, 3.05) is 42.7 Å². The number of ether oxygens (including phenoxy) is 6. The maximum Gasteiger partial charge on any atom is 0.203 e. The topological polar surface area (TPSA) is 72.5 Å². The van der Waals surface area contributed by atoms with Crippen LogP contribution in [0.2, 0.25) is 0 Å². The first-order valence-corrected chi connectivity index (χ1v) is 11.3. The number of carbonyl (C=O) groups excluding carboxylic acids is 1. The molecule has 0 bridgehead atoms. The molecule has 1 aliphatic rings. The third-order valence-electron chi connectivity index (χ3n) is 6.61. The molecule has 0 aromatic heterocycles. The second kappa shape index (κ2) is 11.2. The monoisotopic (exact) mass is 482 g/mol. The fourth-order valence-corrected chi connectivity index (χ4v) is 4.63. The second-order valence-electron chi connectivity index (χ2n) is 8.35. The first kappa shape index (κ1) is 26.0. The minimum Gasteiger partial charge on any atom is -0.493 e. The molecule has 0 amide bonds. The van der Waals surface area contributed by atoms with E-state index >= 15 is 0 Å². The number of ketones is 1. The molecule has 3 rings (SSSR count). The van der Waals surface area contributed by atoms with Crippen LogP contribution in [0.1, 0.15) is 37.3 Å². The van der Waals surface area contributed by atoms with Gasteiger partial charge in [0.15, 0.2) is 28.8 Å². The SMILES string of the molecule is COc1cc(/C=C/C2=C(C)C(=O)CC(c3cc(OC)c(OC)c(OC)c3)C2C)cc(OC)c1OC. The van der Waals surface area contributed by atoms with Gasteiger partial charge in [-0.05, 0) is 65.3 Å². The summed E-state index contributed by atoms with van der Waals surface area (Å²) in [4.78, 5) is 13.0. The van der Waals surface area contributed by atoms with E-state index in [-0.39, 0.29) is 17.6 Å². The van der Waals surface area contributed by atoms with Crippen LogP contribution in [0.25, 0.3) is 6.08 Å². The van der Waals surface area contributed by atoms with Crippen LogP contribution in [0.5, 0.6) is 34.5 Å². The zero-order valence-electron chi connectivity index (χ0n) is 21.7. The fourth-order valence-electron chi connectivity index (χ4n) is 4.63. The number of Topliss-reactive ketones (excluding diaryl/α,β-unsaturated/α-hetero) is 1. The minimum absolute atomic E-state index is 0.0421. The van der Waals surface area contributed by atoms with Crippen LogP contribution in [-0.2, 0) is 4.79 Å². The predicted molar refractivity (Wildman–Crippen MR) is 135 cm³/mol. The summed E-state index contributed by atoms with van der Waals surface area (Å²) in [5.74, 6) is 3.50. The van der Waals surface area contributed by atoms with Gasteiger partial charge < -0.3 is 28.4 Å². The van der Waals surface area contributed by atoms with E-state index in [1.54, 1.807) is 42.7 Å². The number of rotatable bonds is 9. The van der Waals surface area contributed by atoms with Crippen molar-refractivity contribution in [1.82, 2.24) is 0 Å². The summed E-state index contributed by atoms with van der Waals surface area (Å²) in [5.41, 5.74) is 3.58. The molecule has 2 atom stereocenters. The Kier molecular flexibility index (Phi) is 8.33. The lowest BCUT2D eigenvalue weighted by Gasteiger charge is -2.31. The third kappa shape index (κ3) is 5.09. The lowest BCUT2D eigenvalue weighted by molar-refractivity contribution is -0.116. The van der Waals surface area contributed by atoms with Crippen molar-refractivity contribution >= 4 is 11.9 Å². The number of hydrogen-bond donors (Lipinski definition) is 0. The number of allylic oxidation sites excluding steroid dienone is 3. The Morgan fingerprint density at radius 2 is 1.17 bits per heavy atom. The Bertz CT molecular complexity index is 1100. The summed E-state index contributed by atoms with van der Waals surface area (Å²) in [6.07, 6.45) is 4.38. The molecular formula is C28H34O7. The number of benzene rings is 2. The van der Waals surface area contributed by atoms with Gasteiger partial charge in [0.2, 0.25) is 11.5 Å². The number of carbonyl (C=O) groups is 1. The Morgan fingerprint density at radius 1 is 0.714 bits per heavy atom. The average Bonchev–Trinajstić information content (AvgIpc) is 2.88. The van der Waals surface area contributed by atoms with E-state index in [2.05, 4.69) is 6.92 Å². The summed E-state index contributed by atoms with van der Waals surface area (Å²) in [6, 6.07) is 7.60. The second-order valence-corrected chi connectivity index (χ2v) is 8.35. The Hall–Kier alpha value is -3.61. The maximum atomic E-state index is 13.0. The molecule has 2 unspecified atom stereocenters. The van der Waals surface area contributed by atoms with Crippen LogP contribution in [0.3, 0.4) is 0 Å². The van der Waals surface area contributed by atoms with E-state index in [1.807, 2.05) is 43.3 Å². The summed E-state index contributed by atoms with van der Waals surface area (Å²) < 4.78 is 32.9. The van der Waals surface area contributed by atoms with Crippen LogP contribution in [0.15, 0.2) is 41.5 Å². The van der Waals surface area contributed by atoms with E-state index in [1.165, 1.54) is 0 Å². The van der Waals surface area contributed by atoms with Crippen molar-refractivity contribution in [3.05, 3.63) is 52.6 Å². The van der Waals surface area contributed by atoms with Crippen LogP contribution < -0.4 is 28.4 Å². The fraction of sp³-hybridized carbons (Fsp3) is 0.393. The normalized spacial score (nSPS) is 18.0. The van der Waals surface area contributed by atoms with Crippen molar-refractivity contribution in [1.29, 1.82) is 0 Å². The molecule has 188 valence electrons. The highest BCUT2D eigenvalue weighted by atomic mass is 16.5. The van der Waals surface area contributed by atoms with E-state index in [4.69, 9.17) is 28.4 Å². The smallest absolute Gasteiger partial charge is 0.203 e. The molecule has 1 aliphatic carbocycles. The van der Waals surface area contributed by atoms with Crippen molar-refractivity contribution in [3.8, 4) is 34.5 Å². The van der Waals surface area contributed by atoms with Gasteiger partial charge in [0, 0.05) is 6.42 Å². The summed E-state index contributed by atoms with van der Waals surface area (Å²) >= 11 is 0. The number of methoxy groups -OCH3 is 6. The Morgan fingerprint density at radius 3 is 1.60 bits per heavy atom. The van der Waals surface area contributed by atoms with Gasteiger partial charge in [-0.15, -0.1) is 0 Å². The van der Waals surface area contributed by atoms with Gasteiger partial charge in [0.25, 0.3) is 0 Å². The summed E-state index contributed by atoms with van der Waals surface area (Å²) in [5, 5.41) is 0. The molecule has 2 aromatic carbocycles. The zero-order chi connectivity index (χ0) is 25.7. The van der Waals surface area contributed by atoms with Crippen LogP contribution >= 0.6 is 0 Å². The summed E-state index contributed by atoms with van der Waals surface area (Å²) in [7, 11) is 9.49. The van der Waals surface area contributed by atoms with Gasteiger partial charge in [-0.1, -0.05) is 19.1 Å². The van der Waals surface area contributed by atoms with Gasteiger partial charge in [-0.25, -0.2) is 0 Å². The van der Waals surface area contributed by atoms with E-state index in [0.29, 0.717) is 40.9 Å². The molecule has 35 heavy (non-hydrogen) atoms. The molecule has 7 nitrogen and oxygen atoms in total. The third-order valence-corrected chi connectivity index (χ3v) is 6.61. The minimum atomic E-state index is -0.0421. The molecule has 2 aromatic rings. The van der Waals surface area contributed by atoms with Gasteiger partial charge in [-0.2, -0.15) is 0 Å². The first-order chi connectivity index (χ1) is 16.8. The Balaban J connectivity index is 2.02. The lowest BCUT2D eigenvalue weighted by atomic mass is 9.72. The summed E-state index contributed by atoms with van der Waals surface area (Å²) in [6.45, 7) is 4.03. The highest BCUT2D eigenvalue weighted by Crippen LogP contribution is 2.46. The molecule has 0 saturated carbocycles. The lowest BCUT2D eigenvalue weighted by Crippen LogP contribution is -2.24. The largest absolute Gasteiger partial charge is 0.493 e. The van der Waals surface area contributed by atoms with E-state index in [9.17, 15) is 4.79 Å². The van der Waals surface area contributed by atoms with E-state index in [0.717, 1.165) is 22.3 Å². The molecule has 0 radical (unpaired) electrons. The van der Waals surface area contributed by atoms with Gasteiger partial charge in [0.05, 0.1) is 42.7 Å². The van der Waals surface area contributed by atoms with Crippen molar-refractivity contribution in [2.24, 2.45) is 5.92 Å². The molecule has 0 fully saturated rings. The standard InChI is InChI=1S/C28H34O7/c1-16-20(10-9-18-11-23(30-3)27(34-7)24(12-18)31-4)17(2)22(29)15-21(16)19-13-25(32-5)28(35-8)26(14-19)33-6/h9-14,16,21H,15H2,1-8H3/b10-9+. The first-order valence-electron chi connectivity index (χ1n) is 11.3. The molecule has 0 aliphatic heterocycles. The molecular weight excluding hydrogens is 448 g/mol. The van der Waals surface area contributed by atoms with Crippen LogP contribution in [0.4, 0.5) is 0 Å². The highest BCUT2D eigenvalue weighted by molar-refractivity contribution is 5.98. The maximum absolute atomic E-state index is 13.0. The van der Waals surface area contributed by atoms with Crippen LogP contribution in [-0.4, -0.2) is 48.4 Å². The van der Waals surface area contributed by atoms with E-state index < -0.39 is 0 Å². The van der Waals surface area contributed by atoms with Crippen LogP contribution in [0, 0.1) is 5.92 Å². The molecule has 0 spiro atoms. The van der Waals surface area contributed by atoms with Gasteiger partial charge in [-0.3, -0.25) is 4.79 Å². The highest BCUT2D eigenvalue weighted by Gasteiger charge is 2.33. The average molecular weight is 483 g/mol. The van der Waals surface area contributed by atoms with Crippen molar-refractivity contribution in [3.63, 3.8) is 0 Å². The predicted octanol–water partition coefficient (Wildman–Crippen LogP) is 5.46. The van der Waals surface area contributed by atoms with Gasteiger partial charge in [0.1, 0.15) is 0 Å². The molecule has 7 heteroatoms. The molecule has 0 saturated heterocycles. The molecule has 0 N–H and O–H groups in total. The quantitative estimate of drug-likeness (QED) is 0.470. The number of hydrogen-bond acceptors (Lipinski definition) is 7.